The lowest BCUT2D eigenvalue weighted by molar-refractivity contribution is -0.0417. The van der Waals surface area contributed by atoms with Gasteiger partial charge >= 0.3 is 6.01 Å². The number of hydrogen-bond donors (Lipinski definition) is 1. The smallest absolute Gasteiger partial charge is 0.318 e. The van der Waals surface area contributed by atoms with Gasteiger partial charge in [0.1, 0.15) is 18.5 Å². The predicted molar refractivity (Wildman–Crippen MR) is 148 cm³/mol. The summed E-state index contributed by atoms with van der Waals surface area (Å²) < 4.78 is 12.1. The van der Waals surface area contributed by atoms with Crippen molar-refractivity contribution in [3.8, 4) is 12.1 Å². The van der Waals surface area contributed by atoms with Gasteiger partial charge < -0.3 is 29.5 Å². The van der Waals surface area contributed by atoms with Gasteiger partial charge in [0.05, 0.1) is 31.3 Å². The minimum atomic E-state index is 0.00297. The Morgan fingerprint density at radius 1 is 1.08 bits per heavy atom. The topological polar surface area (TPSA) is 89.8 Å². The molecule has 0 unspecified atom stereocenters. The second-order valence-electron chi connectivity index (χ2n) is 10.5. The van der Waals surface area contributed by atoms with Crippen molar-refractivity contribution < 1.29 is 9.47 Å². The number of piperazine rings is 1. The Kier molecular flexibility index (Phi) is 7.27. The van der Waals surface area contributed by atoms with E-state index in [1.165, 1.54) is 22.0 Å². The number of aromatic nitrogens is 2. The third-order valence-electron chi connectivity index (χ3n) is 7.76. The van der Waals surface area contributed by atoms with Gasteiger partial charge in [-0.15, -0.1) is 0 Å². The van der Waals surface area contributed by atoms with Gasteiger partial charge in [-0.2, -0.15) is 15.2 Å². The van der Waals surface area contributed by atoms with Gasteiger partial charge in [0.15, 0.2) is 0 Å². The summed E-state index contributed by atoms with van der Waals surface area (Å²) >= 11 is 0. The van der Waals surface area contributed by atoms with Crippen LogP contribution in [0.1, 0.15) is 17.7 Å². The highest BCUT2D eigenvalue weighted by atomic mass is 16.5. The average Bonchev–Trinajstić information content (AvgIpc) is 2.95. The molecule has 0 radical (unpaired) electrons. The van der Waals surface area contributed by atoms with E-state index in [1.54, 1.807) is 0 Å². The maximum absolute atomic E-state index is 9.26. The summed E-state index contributed by atoms with van der Waals surface area (Å²) in [5.74, 6) is 0.952. The molecule has 2 fully saturated rings. The minimum absolute atomic E-state index is 0.00297. The van der Waals surface area contributed by atoms with Crippen LogP contribution in [-0.4, -0.2) is 86.5 Å². The molecule has 9 heteroatoms. The minimum Gasteiger partial charge on any atom is -0.461 e. The number of fused-ring (bicyclic) bond motifs is 2. The predicted octanol–water partition coefficient (Wildman–Crippen LogP) is 2.59. The quantitative estimate of drug-likeness (QED) is 0.534. The molecular weight excluding hydrogens is 478 g/mol. The molecule has 3 aromatic rings. The molecule has 0 aliphatic carbocycles. The summed E-state index contributed by atoms with van der Waals surface area (Å²) in [7, 11) is 2.10. The SMILES string of the molecule is CN1CCO[C@@H](COc2nc3c(c(N4CCN[C@@H](CC#N)C4)n2)CCN(c2cccc4ccccc24)C3)C1. The zero-order valence-electron chi connectivity index (χ0n) is 22.0. The van der Waals surface area contributed by atoms with Gasteiger partial charge in [-0.25, -0.2) is 0 Å². The van der Waals surface area contributed by atoms with Crippen LogP contribution in [0.3, 0.4) is 0 Å². The highest BCUT2D eigenvalue weighted by Gasteiger charge is 2.29. The van der Waals surface area contributed by atoms with Crippen LogP contribution in [0, 0.1) is 11.3 Å². The Labute approximate surface area is 224 Å². The van der Waals surface area contributed by atoms with Crippen molar-refractivity contribution in [1.82, 2.24) is 20.2 Å². The average molecular weight is 514 g/mol. The maximum atomic E-state index is 9.26. The number of nitriles is 1. The summed E-state index contributed by atoms with van der Waals surface area (Å²) in [5.41, 5.74) is 3.44. The van der Waals surface area contributed by atoms with Crippen molar-refractivity contribution in [2.24, 2.45) is 0 Å². The molecule has 3 aliphatic rings. The Morgan fingerprint density at radius 3 is 2.87 bits per heavy atom. The fraction of sp³-hybridized carbons (Fsp3) is 0.483. The zero-order valence-corrected chi connectivity index (χ0v) is 22.0. The van der Waals surface area contributed by atoms with E-state index < -0.39 is 0 Å². The van der Waals surface area contributed by atoms with Crippen LogP contribution >= 0.6 is 0 Å². The number of ether oxygens (including phenoxy) is 2. The van der Waals surface area contributed by atoms with Crippen molar-refractivity contribution in [3.05, 3.63) is 53.7 Å². The molecule has 1 N–H and O–H groups in total. The molecule has 9 nitrogen and oxygen atoms in total. The van der Waals surface area contributed by atoms with Gasteiger partial charge in [0, 0.05) is 61.9 Å². The van der Waals surface area contributed by atoms with E-state index in [9.17, 15) is 5.26 Å². The number of anilines is 2. The molecule has 0 spiro atoms. The van der Waals surface area contributed by atoms with Crippen LogP contribution in [-0.2, 0) is 17.7 Å². The number of rotatable bonds is 6. The van der Waals surface area contributed by atoms with Crippen molar-refractivity contribution in [2.75, 3.05) is 69.3 Å². The van der Waals surface area contributed by atoms with E-state index in [1.807, 2.05) is 0 Å². The lowest BCUT2D eigenvalue weighted by atomic mass is 10.0. The summed E-state index contributed by atoms with van der Waals surface area (Å²) in [6.45, 7) is 6.92. The highest BCUT2D eigenvalue weighted by Crippen LogP contribution is 2.34. The molecule has 2 aromatic carbocycles. The van der Waals surface area contributed by atoms with Crippen LogP contribution in [0.15, 0.2) is 42.5 Å². The Hall–Kier alpha value is -3.45. The summed E-state index contributed by atoms with van der Waals surface area (Å²) in [6, 6.07) is 17.9. The Bertz CT molecular complexity index is 1320. The molecule has 38 heavy (non-hydrogen) atoms. The third kappa shape index (κ3) is 5.25. The molecule has 198 valence electrons. The first kappa shape index (κ1) is 24.9. The standard InChI is InChI=1S/C29H35N7O2/c1-34-15-16-37-23(18-34)20-38-29-32-26-19-35(27-8-4-6-21-5-2-3-7-24(21)27)13-10-25(26)28(33-29)36-14-12-31-22(17-36)9-11-30/h2-8,22-23,31H,9-10,12-20H2,1H3/t22-,23+/m0/s1. The van der Waals surface area contributed by atoms with Crippen LogP contribution in [0.4, 0.5) is 11.5 Å². The Morgan fingerprint density at radius 2 is 1.97 bits per heavy atom. The van der Waals surface area contributed by atoms with E-state index in [0.29, 0.717) is 32.2 Å². The Balaban J connectivity index is 1.30. The van der Waals surface area contributed by atoms with Crippen LogP contribution in [0.5, 0.6) is 6.01 Å². The third-order valence-corrected chi connectivity index (χ3v) is 7.76. The summed E-state index contributed by atoms with van der Waals surface area (Å²) in [4.78, 5) is 16.9. The number of likely N-dealkylation sites (N-methyl/N-ethyl adjacent to an activating group) is 1. The zero-order chi connectivity index (χ0) is 25.9. The lowest BCUT2D eigenvalue weighted by Crippen LogP contribution is -2.51. The van der Waals surface area contributed by atoms with Crippen molar-refractivity contribution in [3.63, 3.8) is 0 Å². The van der Waals surface area contributed by atoms with Gasteiger partial charge in [-0.1, -0.05) is 36.4 Å². The van der Waals surface area contributed by atoms with Crippen molar-refractivity contribution in [1.29, 1.82) is 5.26 Å². The first-order valence-electron chi connectivity index (χ1n) is 13.6. The van der Waals surface area contributed by atoms with Crippen LogP contribution < -0.4 is 19.9 Å². The van der Waals surface area contributed by atoms with Crippen molar-refractivity contribution >= 4 is 22.3 Å². The van der Waals surface area contributed by atoms with Gasteiger partial charge in [0.25, 0.3) is 0 Å². The molecule has 0 amide bonds. The fourth-order valence-corrected chi connectivity index (χ4v) is 5.80. The first-order valence-corrected chi connectivity index (χ1v) is 13.6. The van der Waals surface area contributed by atoms with Gasteiger partial charge in [-0.3, -0.25) is 0 Å². The van der Waals surface area contributed by atoms with E-state index in [4.69, 9.17) is 19.4 Å². The normalized spacial score (nSPS) is 22.2. The summed E-state index contributed by atoms with van der Waals surface area (Å²) in [5, 5.41) is 15.2. The first-order chi connectivity index (χ1) is 18.7. The number of hydrogen-bond acceptors (Lipinski definition) is 9. The van der Waals surface area contributed by atoms with Crippen LogP contribution in [0.2, 0.25) is 0 Å². The lowest BCUT2D eigenvalue weighted by Gasteiger charge is -2.37. The number of morpholine rings is 1. The van der Waals surface area contributed by atoms with Gasteiger partial charge in [-0.05, 0) is 24.9 Å². The summed E-state index contributed by atoms with van der Waals surface area (Å²) in [6.07, 6.45) is 1.34. The van der Waals surface area contributed by atoms with Crippen molar-refractivity contribution in [2.45, 2.75) is 31.5 Å². The van der Waals surface area contributed by atoms with Crippen LogP contribution in [0.25, 0.3) is 10.8 Å². The van der Waals surface area contributed by atoms with E-state index in [-0.39, 0.29) is 12.1 Å². The molecular formula is C29H35N7O2. The molecule has 4 heterocycles. The highest BCUT2D eigenvalue weighted by molar-refractivity contribution is 5.94. The molecule has 2 atom stereocenters. The molecule has 0 saturated carbocycles. The second-order valence-corrected chi connectivity index (χ2v) is 10.5. The second kappa shape index (κ2) is 11.1. The van der Waals surface area contributed by atoms with E-state index in [0.717, 1.165) is 57.2 Å². The molecule has 3 aliphatic heterocycles. The number of nitrogens with one attached hydrogen (secondary N) is 1. The maximum Gasteiger partial charge on any atom is 0.318 e. The van der Waals surface area contributed by atoms with E-state index >= 15 is 0 Å². The molecule has 0 bridgehead atoms. The molecule has 1 aromatic heterocycles. The molecule has 6 rings (SSSR count). The number of nitrogens with zero attached hydrogens (tertiary/aromatic N) is 6. The van der Waals surface area contributed by atoms with Gasteiger partial charge in [0.2, 0.25) is 0 Å². The fourth-order valence-electron chi connectivity index (χ4n) is 5.80. The monoisotopic (exact) mass is 513 g/mol. The number of benzene rings is 2. The van der Waals surface area contributed by atoms with E-state index in [2.05, 4.69) is 75.6 Å². The molecule has 2 saturated heterocycles. The largest absolute Gasteiger partial charge is 0.461 e.